The van der Waals surface area contributed by atoms with Crippen LogP contribution in [0, 0.1) is 11.8 Å². The van der Waals surface area contributed by atoms with Crippen molar-refractivity contribution in [3.05, 3.63) is 18.2 Å². The Hall–Kier alpha value is -2.60. The molecule has 1 aromatic heterocycles. The first-order chi connectivity index (χ1) is 16.5. The maximum atomic E-state index is 13.2. The maximum Gasteiger partial charge on any atom is 0.326 e. The van der Waals surface area contributed by atoms with E-state index in [0.29, 0.717) is 30.7 Å². The minimum atomic E-state index is -1.20. The third-order valence-electron chi connectivity index (χ3n) is 6.15. The van der Waals surface area contributed by atoms with Crippen LogP contribution in [0.4, 0.5) is 0 Å². The first kappa shape index (κ1) is 30.4. The minimum absolute atomic E-state index is 0.0156. The third-order valence-corrected chi connectivity index (χ3v) is 6.79. The van der Waals surface area contributed by atoms with Crippen molar-refractivity contribution in [3.8, 4) is 0 Å². The van der Waals surface area contributed by atoms with Crippen molar-refractivity contribution in [2.45, 2.75) is 77.5 Å². The van der Waals surface area contributed by atoms with Crippen molar-refractivity contribution in [1.82, 2.24) is 25.9 Å². The van der Waals surface area contributed by atoms with Crippen LogP contribution in [0.25, 0.3) is 0 Å². The highest BCUT2D eigenvalue weighted by atomic mass is 32.2. The van der Waals surface area contributed by atoms with Gasteiger partial charge < -0.3 is 31.8 Å². The molecule has 12 heteroatoms. The predicted octanol–water partition coefficient (Wildman–Crippen LogP) is 0.664. The average molecular weight is 513 g/mol. The number of aliphatic carboxylic acids is 1. The molecule has 0 bridgehead atoms. The second-order valence-electron chi connectivity index (χ2n) is 8.81. The number of H-pyrrole nitrogens is 1. The molecular formula is C23H40N6O5S. The number of carboxylic acids is 1. The molecule has 1 heterocycles. The molecule has 6 atom stereocenters. The second kappa shape index (κ2) is 15.4. The molecule has 0 radical (unpaired) electrons. The monoisotopic (exact) mass is 512 g/mol. The number of carbonyl (C=O) groups is 4. The number of nitrogens with zero attached hydrogens (tertiary/aromatic N) is 1. The molecule has 0 fully saturated rings. The summed E-state index contributed by atoms with van der Waals surface area (Å²) in [4.78, 5) is 57.4. The molecule has 0 aliphatic heterocycles. The van der Waals surface area contributed by atoms with E-state index in [4.69, 9.17) is 5.73 Å². The van der Waals surface area contributed by atoms with E-state index in [1.165, 1.54) is 12.5 Å². The van der Waals surface area contributed by atoms with Crippen LogP contribution in [0.5, 0.6) is 0 Å². The number of nitrogens with two attached hydrogens (primary N) is 1. The second-order valence-corrected chi connectivity index (χ2v) is 9.80. The van der Waals surface area contributed by atoms with E-state index in [1.807, 2.05) is 27.0 Å². The molecule has 11 nitrogen and oxygen atoms in total. The van der Waals surface area contributed by atoms with Crippen LogP contribution in [0.2, 0.25) is 0 Å². The minimum Gasteiger partial charge on any atom is -0.480 e. The Morgan fingerprint density at radius 3 is 2.03 bits per heavy atom. The molecule has 7 N–H and O–H groups in total. The first-order valence-corrected chi connectivity index (χ1v) is 13.3. The van der Waals surface area contributed by atoms with Crippen LogP contribution in [-0.2, 0) is 25.6 Å². The van der Waals surface area contributed by atoms with Crippen molar-refractivity contribution in [2.24, 2.45) is 17.6 Å². The molecule has 3 amide bonds. The summed E-state index contributed by atoms with van der Waals surface area (Å²) in [5.74, 6) is -2.51. The number of amides is 3. The summed E-state index contributed by atoms with van der Waals surface area (Å²) in [6, 6.07) is -3.81. The largest absolute Gasteiger partial charge is 0.480 e. The van der Waals surface area contributed by atoms with Gasteiger partial charge in [0.25, 0.3) is 0 Å². The van der Waals surface area contributed by atoms with Gasteiger partial charge >= 0.3 is 5.97 Å². The lowest BCUT2D eigenvalue weighted by molar-refractivity contribution is -0.142. The fourth-order valence-electron chi connectivity index (χ4n) is 3.36. The number of hydrogen-bond donors (Lipinski definition) is 6. The summed E-state index contributed by atoms with van der Waals surface area (Å²) in [5.41, 5.74) is 6.52. The SMILES string of the molecule is CCC(C)C(NC(=O)C(N)CCSC)C(=O)NC(C(=O)NC(Cc1cnc[nH]1)C(=O)O)C(C)CC. The molecule has 0 saturated heterocycles. The van der Waals surface area contributed by atoms with Gasteiger partial charge in [-0.15, -0.1) is 0 Å². The summed E-state index contributed by atoms with van der Waals surface area (Å²) in [6.45, 7) is 7.40. The zero-order chi connectivity index (χ0) is 26.5. The molecule has 0 aromatic carbocycles. The molecule has 0 aliphatic rings. The lowest BCUT2D eigenvalue weighted by atomic mass is 9.94. The summed E-state index contributed by atoms with van der Waals surface area (Å²) in [7, 11) is 0. The van der Waals surface area contributed by atoms with Crippen molar-refractivity contribution in [2.75, 3.05) is 12.0 Å². The number of thioether (sulfide) groups is 1. The van der Waals surface area contributed by atoms with Gasteiger partial charge in [-0.1, -0.05) is 40.5 Å². The number of nitrogens with one attached hydrogen (secondary N) is 4. The fraction of sp³-hybridized carbons (Fsp3) is 0.696. The van der Waals surface area contributed by atoms with E-state index in [-0.39, 0.29) is 18.3 Å². The van der Waals surface area contributed by atoms with Gasteiger partial charge in [0.15, 0.2) is 0 Å². The average Bonchev–Trinajstić information content (AvgIpc) is 3.35. The highest BCUT2D eigenvalue weighted by molar-refractivity contribution is 7.98. The zero-order valence-electron chi connectivity index (χ0n) is 21.2. The summed E-state index contributed by atoms with van der Waals surface area (Å²) in [5, 5.41) is 17.6. The van der Waals surface area contributed by atoms with Gasteiger partial charge in [-0.2, -0.15) is 11.8 Å². The normalized spacial score (nSPS) is 16.3. The number of hydrogen-bond acceptors (Lipinski definition) is 7. The van der Waals surface area contributed by atoms with E-state index in [2.05, 4.69) is 25.9 Å². The third kappa shape index (κ3) is 9.88. The Kier molecular flexibility index (Phi) is 13.4. The van der Waals surface area contributed by atoms with Crippen LogP contribution in [0.3, 0.4) is 0 Å². The summed E-state index contributed by atoms with van der Waals surface area (Å²) in [6.07, 6.45) is 6.51. The van der Waals surface area contributed by atoms with Gasteiger partial charge in [-0.25, -0.2) is 9.78 Å². The van der Waals surface area contributed by atoms with Gasteiger partial charge in [0, 0.05) is 18.3 Å². The van der Waals surface area contributed by atoms with Gasteiger partial charge in [0.05, 0.1) is 12.4 Å². The highest BCUT2D eigenvalue weighted by Gasteiger charge is 2.34. The van der Waals surface area contributed by atoms with E-state index < -0.39 is 47.9 Å². The Morgan fingerprint density at radius 1 is 1.03 bits per heavy atom. The molecule has 0 saturated carbocycles. The van der Waals surface area contributed by atoms with Gasteiger partial charge in [-0.3, -0.25) is 14.4 Å². The van der Waals surface area contributed by atoms with Gasteiger partial charge in [0.1, 0.15) is 18.1 Å². The molecule has 6 unspecified atom stereocenters. The Balaban J connectivity index is 3.00. The van der Waals surface area contributed by atoms with Gasteiger partial charge in [-0.05, 0) is 30.3 Å². The summed E-state index contributed by atoms with van der Waals surface area (Å²) < 4.78 is 0. The molecule has 1 aromatic rings. The van der Waals surface area contributed by atoms with Crippen LogP contribution >= 0.6 is 11.8 Å². The molecular weight excluding hydrogens is 472 g/mol. The van der Waals surface area contributed by atoms with E-state index in [9.17, 15) is 24.3 Å². The number of carbonyl (C=O) groups excluding carboxylic acids is 3. The molecule has 198 valence electrons. The molecule has 1 rings (SSSR count). The Bertz CT molecular complexity index is 821. The number of imidazole rings is 1. The standard InChI is InChI=1S/C23H40N6O5S/c1-6-13(3)18(21(31)27-17(23(33)34)10-15-11-25-12-26-15)29-22(32)19(14(4)7-2)28-20(30)16(24)8-9-35-5/h11-14,16-19H,6-10,24H2,1-5H3,(H,25,26)(H,27,31)(H,28,30)(H,29,32)(H,33,34). The van der Waals surface area contributed by atoms with Crippen LogP contribution in [-0.4, -0.2) is 74.9 Å². The van der Waals surface area contributed by atoms with Crippen molar-refractivity contribution < 1.29 is 24.3 Å². The lowest BCUT2D eigenvalue weighted by Crippen LogP contribution is -2.60. The Morgan fingerprint density at radius 2 is 1.57 bits per heavy atom. The molecule has 0 aliphatic carbocycles. The lowest BCUT2D eigenvalue weighted by Gasteiger charge is -2.30. The van der Waals surface area contributed by atoms with E-state index in [0.717, 1.165) is 0 Å². The predicted molar refractivity (Wildman–Crippen MR) is 136 cm³/mol. The van der Waals surface area contributed by atoms with E-state index in [1.54, 1.807) is 18.7 Å². The van der Waals surface area contributed by atoms with E-state index >= 15 is 0 Å². The number of aromatic nitrogens is 2. The molecule has 0 spiro atoms. The number of rotatable bonds is 16. The number of carboxylic acid groups (broad SMARTS) is 1. The topological polar surface area (TPSA) is 179 Å². The van der Waals surface area contributed by atoms with Crippen LogP contribution in [0.15, 0.2) is 12.5 Å². The van der Waals surface area contributed by atoms with Crippen LogP contribution < -0.4 is 21.7 Å². The summed E-state index contributed by atoms with van der Waals surface area (Å²) >= 11 is 1.58. The maximum absolute atomic E-state index is 13.2. The van der Waals surface area contributed by atoms with Crippen molar-refractivity contribution in [3.63, 3.8) is 0 Å². The van der Waals surface area contributed by atoms with Gasteiger partial charge in [0.2, 0.25) is 17.7 Å². The highest BCUT2D eigenvalue weighted by Crippen LogP contribution is 2.13. The Labute approximate surface area is 211 Å². The fourth-order valence-corrected chi connectivity index (χ4v) is 3.85. The van der Waals surface area contributed by atoms with Crippen LogP contribution in [0.1, 0.15) is 52.7 Å². The zero-order valence-corrected chi connectivity index (χ0v) is 22.0. The van der Waals surface area contributed by atoms with Crippen molar-refractivity contribution >= 4 is 35.5 Å². The quantitative estimate of drug-likeness (QED) is 0.187. The number of aromatic amines is 1. The first-order valence-electron chi connectivity index (χ1n) is 11.9. The molecule has 35 heavy (non-hydrogen) atoms. The smallest absolute Gasteiger partial charge is 0.326 e. The van der Waals surface area contributed by atoms with Crippen molar-refractivity contribution in [1.29, 1.82) is 0 Å².